The molecule has 0 atom stereocenters. The molecule has 0 radical (unpaired) electrons. The average Bonchev–Trinajstić information content (AvgIpc) is 2.02. The number of hydrogen-bond donors (Lipinski definition) is 3. The standard InChI is InChI=1S/C6H13NO.C2H6O4S/c1-2-3-4-5-6(7)8;3-1-2-7(4,5)6/h2-5H2,1H3,(H2,7,8);3H,1-2H2,(H,4,5,6). The van der Waals surface area contributed by atoms with E-state index in [1.54, 1.807) is 0 Å². The molecule has 6 nitrogen and oxygen atoms in total. The average molecular weight is 241 g/mol. The van der Waals surface area contributed by atoms with E-state index in [0.29, 0.717) is 6.42 Å². The monoisotopic (exact) mass is 241 g/mol. The van der Waals surface area contributed by atoms with Gasteiger partial charge in [0.25, 0.3) is 10.1 Å². The van der Waals surface area contributed by atoms with Crippen molar-refractivity contribution < 1.29 is 22.9 Å². The molecule has 0 aliphatic heterocycles. The number of carbonyl (C=O) groups is 1. The lowest BCUT2D eigenvalue weighted by molar-refractivity contribution is -0.118. The Bertz CT molecular complexity index is 250. The third-order valence-corrected chi connectivity index (χ3v) is 2.07. The van der Waals surface area contributed by atoms with E-state index in [0.717, 1.165) is 19.3 Å². The molecule has 7 heteroatoms. The second kappa shape index (κ2) is 9.88. The number of aliphatic hydroxyl groups excluding tert-OH is 1. The summed E-state index contributed by atoms with van der Waals surface area (Å²) in [6.07, 6.45) is 3.76. The van der Waals surface area contributed by atoms with Gasteiger partial charge < -0.3 is 10.8 Å². The zero-order valence-corrected chi connectivity index (χ0v) is 9.66. The van der Waals surface area contributed by atoms with Gasteiger partial charge in [-0.3, -0.25) is 9.35 Å². The second-order valence-electron chi connectivity index (χ2n) is 2.93. The molecule has 0 heterocycles. The van der Waals surface area contributed by atoms with E-state index in [-0.39, 0.29) is 5.91 Å². The predicted octanol–water partition coefficient (Wildman–Crippen LogP) is -0.0815. The van der Waals surface area contributed by atoms with Crippen molar-refractivity contribution in [1.82, 2.24) is 0 Å². The van der Waals surface area contributed by atoms with Crippen molar-refractivity contribution in [2.24, 2.45) is 5.73 Å². The van der Waals surface area contributed by atoms with E-state index in [4.69, 9.17) is 15.4 Å². The number of amides is 1. The van der Waals surface area contributed by atoms with Gasteiger partial charge >= 0.3 is 0 Å². The number of nitrogens with two attached hydrogens (primary N) is 1. The van der Waals surface area contributed by atoms with E-state index >= 15 is 0 Å². The van der Waals surface area contributed by atoms with Crippen molar-refractivity contribution >= 4 is 16.0 Å². The van der Waals surface area contributed by atoms with Crippen LogP contribution in [0, 0.1) is 0 Å². The lowest BCUT2D eigenvalue weighted by atomic mass is 10.2. The van der Waals surface area contributed by atoms with Gasteiger partial charge in [-0.15, -0.1) is 0 Å². The van der Waals surface area contributed by atoms with Crippen LogP contribution in [0.2, 0.25) is 0 Å². The van der Waals surface area contributed by atoms with Crippen LogP contribution in [0.1, 0.15) is 32.6 Å². The molecule has 1 amide bonds. The van der Waals surface area contributed by atoms with E-state index in [1.807, 2.05) is 0 Å². The molecule has 0 bridgehead atoms. The molecule has 0 aromatic rings. The van der Waals surface area contributed by atoms with Crippen molar-refractivity contribution in [1.29, 1.82) is 0 Å². The molecule has 0 aromatic heterocycles. The fraction of sp³-hybridized carbons (Fsp3) is 0.875. The van der Waals surface area contributed by atoms with Gasteiger partial charge in [-0.25, -0.2) is 0 Å². The van der Waals surface area contributed by atoms with Gasteiger partial charge in [0.2, 0.25) is 5.91 Å². The van der Waals surface area contributed by atoms with E-state index < -0.39 is 22.5 Å². The predicted molar refractivity (Wildman–Crippen MR) is 56.8 cm³/mol. The van der Waals surface area contributed by atoms with Crippen LogP contribution in [0.3, 0.4) is 0 Å². The fourth-order valence-corrected chi connectivity index (χ4v) is 0.895. The highest BCUT2D eigenvalue weighted by Gasteiger charge is 1.99. The van der Waals surface area contributed by atoms with Crippen LogP contribution in [-0.4, -0.2) is 36.3 Å². The molecule has 0 spiro atoms. The minimum Gasteiger partial charge on any atom is -0.395 e. The summed E-state index contributed by atoms with van der Waals surface area (Å²) in [4.78, 5) is 10.1. The van der Waals surface area contributed by atoms with Crippen molar-refractivity contribution in [2.75, 3.05) is 12.4 Å². The van der Waals surface area contributed by atoms with Gasteiger partial charge in [-0.1, -0.05) is 19.8 Å². The van der Waals surface area contributed by atoms with E-state index in [1.165, 1.54) is 0 Å². The first-order valence-corrected chi connectivity index (χ1v) is 6.28. The molecule has 0 aliphatic carbocycles. The third-order valence-electron chi connectivity index (χ3n) is 1.38. The van der Waals surface area contributed by atoms with E-state index in [9.17, 15) is 13.2 Å². The number of primary amides is 1. The van der Waals surface area contributed by atoms with Crippen LogP contribution in [0.15, 0.2) is 0 Å². The van der Waals surface area contributed by atoms with Gasteiger partial charge in [0.05, 0.1) is 12.4 Å². The number of hydrogen-bond acceptors (Lipinski definition) is 4. The molecule has 0 saturated heterocycles. The maximum Gasteiger partial charge on any atom is 0.267 e. The van der Waals surface area contributed by atoms with Crippen molar-refractivity contribution in [2.45, 2.75) is 32.6 Å². The van der Waals surface area contributed by atoms with Gasteiger partial charge in [0, 0.05) is 6.42 Å². The van der Waals surface area contributed by atoms with Gasteiger partial charge in [-0.2, -0.15) is 8.42 Å². The molecule has 92 valence electrons. The molecule has 0 rings (SSSR count). The van der Waals surface area contributed by atoms with Crippen LogP contribution in [-0.2, 0) is 14.9 Å². The summed E-state index contributed by atoms with van der Waals surface area (Å²) in [6.45, 7) is 1.57. The Labute approximate surface area is 90.2 Å². The largest absolute Gasteiger partial charge is 0.395 e. The highest BCUT2D eigenvalue weighted by Crippen LogP contribution is 1.96. The molecule has 0 aliphatic rings. The Kier molecular flexibility index (Phi) is 11.0. The maximum absolute atomic E-state index is 10.1. The summed E-state index contributed by atoms with van der Waals surface area (Å²) in [6, 6.07) is 0. The maximum atomic E-state index is 10.1. The molecular formula is C8H19NO5S. The Morgan fingerprint density at radius 1 is 1.33 bits per heavy atom. The summed E-state index contributed by atoms with van der Waals surface area (Å²) >= 11 is 0. The number of carbonyl (C=O) groups excluding carboxylic acids is 1. The Balaban J connectivity index is 0. The molecule has 0 unspecified atom stereocenters. The third kappa shape index (κ3) is 24.7. The van der Waals surface area contributed by atoms with Crippen LogP contribution < -0.4 is 5.73 Å². The molecule has 0 aromatic carbocycles. The van der Waals surface area contributed by atoms with Gasteiger partial charge in [0.1, 0.15) is 0 Å². The topological polar surface area (TPSA) is 118 Å². The molecular weight excluding hydrogens is 222 g/mol. The normalized spacial score (nSPS) is 10.3. The fourth-order valence-electron chi connectivity index (χ4n) is 0.665. The minimum absolute atomic E-state index is 0.182. The Hall–Kier alpha value is -0.660. The summed E-state index contributed by atoms with van der Waals surface area (Å²) in [5.74, 6) is -0.758. The number of aliphatic hydroxyl groups is 1. The first-order valence-electron chi connectivity index (χ1n) is 4.67. The highest BCUT2D eigenvalue weighted by atomic mass is 32.2. The Morgan fingerprint density at radius 2 is 1.87 bits per heavy atom. The van der Waals surface area contributed by atoms with Crippen molar-refractivity contribution in [3.8, 4) is 0 Å². The minimum atomic E-state index is -3.92. The lowest BCUT2D eigenvalue weighted by Gasteiger charge is -1.90. The van der Waals surface area contributed by atoms with Crippen LogP contribution in [0.4, 0.5) is 0 Å². The van der Waals surface area contributed by atoms with Crippen molar-refractivity contribution in [3.63, 3.8) is 0 Å². The smallest absolute Gasteiger partial charge is 0.267 e. The SMILES string of the molecule is CCCCCC(N)=O.O=S(=O)(O)CCO. The quantitative estimate of drug-likeness (QED) is 0.444. The van der Waals surface area contributed by atoms with Crippen LogP contribution in [0.25, 0.3) is 0 Å². The highest BCUT2D eigenvalue weighted by molar-refractivity contribution is 7.85. The van der Waals surface area contributed by atoms with Crippen LogP contribution in [0.5, 0.6) is 0 Å². The number of rotatable bonds is 6. The summed E-state index contributed by atoms with van der Waals surface area (Å²) < 4.78 is 27.1. The summed E-state index contributed by atoms with van der Waals surface area (Å²) in [5.41, 5.74) is 4.89. The lowest BCUT2D eigenvalue weighted by Crippen LogP contribution is -2.09. The first kappa shape index (κ1) is 16.8. The molecule has 15 heavy (non-hydrogen) atoms. The van der Waals surface area contributed by atoms with Gasteiger partial charge in [0.15, 0.2) is 0 Å². The van der Waals surface area contributed by atoms with Gasteiger partial charge in [-0.05, 0) is 6.42 Å². The molecule has 4 N–H and O–H groups in total. The van der Waals surface area contributed by atoms with E-state index in [2.05, 4.69) is 6.92 Å². The Morgan fingerprint density at radius 3 is 2.07 bits per heavy atom. The summed E-state index contributed by atoms with van der Waals surface area (Å²) in [5, 5.41) is 7.86. The molecule has 0 fully saturated rings. The van der Waals surface area contributed by atoms with Crippen LogP contribution >= 0.6 is 0 Å². The zero-order chi connectivity index (χ0) is 12.3. The molecule has 0 saturated carbocycles. The summed E-state index contributed by atoms with van der Waals surface area (Å²) in [7, 11) is -3.92. The second-order valence-corrected chi connectivity index (χ2v) is 4.51. The first-order chi connectivity index (χ1) is 6.83. The zero-order valence-electron chi connectivity index (χ0n) is 8.85. The van der Waals surface area contributed by atoms with Crippen molar-refractivity contribution in [3.05, 3.63) is 0 Å². The number of unbranched alkanes of at least 4 members (excludes halogenated alkanes) is 2.